The van der Waals surface area contributed by atoms with Gasteiger partial charge in [0.1, 0.15) is 11.4 Å². The van der Waals surface area contributed by atoms with Crippen molar-refractivity contribution < 1.29 is 19.0 Å². The summed E-state index contributed by atoms with van der Waals surface area (Å²) < 4.78 is 18.8. The first-order valence-electron chi connectivity index (χ1n) is 10.4. The van der Waals surface area contributed by atoms with Crippen LogP contribution in [0.15, 0.2) is 30.7 Å². The maximum atomic E-state index is 13.0. The number of fused-ring (bicyclic) bond motifs is 2. The van der Waals surface area contributed by atoms with Crippen LogP contribution in [0.2, 0.25) is 0 Å². The van der Waals surface area contributed by atoms with E-state index in [1.807, 2.05) is 17.5 Å². The van der Waals surface area contributed by atoms with Crippen molar-refractivity contribution in [1.82, 2.24) is 19.4 Å². The number of hydrogen-bond donors (Lipinski definition) is 1. The van der Waals surface area contributed by atoms with Crippen LogP contribution in [0.4, 0.5) is 5.69 Å². The zero-order chi connectivity index (χ0) is 21.6. The Morgan fingerprint density at radius 2 is 2.13 bits per heavy atom. The summed E-state index contributed by atoms with van der Waals surface area (Å²) >= 11 is 0. The molecule has 31 heavy (non-hydrogen) atoms. The van der Waals surface area contributed by atoms with Crippen molar-refractivity contribution in [3.63, 3.8) is 0 Å². The summed E-state index contributed by atoms with van der Waals surface area (Å²) in [5, 5.41) is 2.81. The summed E-state index contributed by atoms with van der Waals surface area (Å²) in [7, 11) is 1.50. The van der Waals surface area contributed by atoms with Crippen molar-refractivity contribution in [3.8, 4) is 11.8 Å². The molecule has 5 heterocycles. The highest BCUT2D eigenvalue weighted by Crippen LogP contribution is 2.58. The lowest BCUT2D eigenvalue weighted by atomic mass is 9.62. The van der Waals surface area contributed by atoms with E-state index in [1.165, 1.54) is 7.11 Å². The zero-order valence-electron chi connectivity index (χ0n) is 17.8. The number of ether oxygens (including phenoxy) is 3. The Labute approximate surface area is 179 Å². The van der Waals surface area contributed by atoms with Gasteiger partial charge < -0.3 is 19.5 Å². The molecule has 0 radical (unpaired) electrons. The molecule has 0 spiro atoms. The van der Waals surface area contributed by atoms with Gasteiger partial charge in [-0.3, -0.25) is 9.20 Å². The second kappa shape index (κ2) is 7.19. The number of amides is 1. The summed E-state index contributed by atoms with van der Waals surface area (Å²) in [4.78, 5) is 26.4. The minimum Gasteiger partial charge on any atom is -0.480 e. The lowest BCUT2D eigenvalue weighted by molar-refractivity contribution is 0.0154. The van der Waals surface area contributed by atoms with Gasteiger partial charge in [-0.2, -0.15) is 0 Å². The first kappa shape index (κ1) is 19.7. The summed E-state index contributed by atoms with van der Waals surface area (Å²) in [6.07, 6.45) is 7.97. The van der Waals surface area contributed by atoms with Crippen LogP contribution in [0.25, 0.3) is 5.65 Å². The third-order valence-corrected chi connectivity index (χ3v) is 5.96. The van der Waals surface area contributed by atoms with Gasteiger partial charge in [0.25, 0.3) is 11.8 Å². The zero-order valence-corrected chi connectivity index (χ0v) is 17.8. The Kier molecular flexibility index (Phi) is 4.58. The van der Waals surface area contributed by atoms with E-state index in [-0.39, 0.29) is 22.6 Å². The molecule has 0 aromatic carbocycles. The van der Waals surface area contributed by atoms with E-state index in [0.29, 0.717) is 36.3 Å². The number of hydrogen-bond acceptors (Lipinski definition) is 7. The molecule has 0 unspecified atom stereocenters. The van der Waals surface area contributed by atoms with Crippen LogP contribution in [0.1, 0.15) is 49.3 Å². The maximum Gasteiger partial charge on any atom is 0.276 e. The summed E-state index contributed by atoms with van der Waals surface area (Å²) in [5.74, 6) is 0.289. The lowest BCUT2D eigenvalue weighted by Crippen LogP contribution is -2.45. The van der Waals surface area contributed by atoms with Crippen LogP contribution in [-0.4, -0.2) is 51.2 Å². The number of imidazole rings is 1. The predicted octanol–water partition coefficient (Wildman–Crippen LogP) is 2.99. The van der Waals surface area contributed by atoms with Gasteiger partial charge in [0.15, 0.2) is 0 Å². The van der Waals surface area contributed by atoms with Crippen molar-refractivity contribution in [1.29, 1.82) is 0 Å². The van der Waals surface area contributed by atoms with Gasteiger partial charge in [0.05, 0.1) is 31.6 Å². The Hall–Kier alpha value is -3.20. The quantitative estimate of drug-likeness (QED) is 0.623. The molecule has 2 saturated heterocycles. The standard InChI is InChI=1S/C22H25N5O4/c1-4-8-30-20-17-26-16(22-11-21(2,12-22)31-13-22)10-27(17)9-15(25-20)18(28)24-14-6-5-7-23-19(14)29-3/h5-7,9-10H,4,8,11-13H2,1-3H3,(H,24,28). The van der Waals surface area contributed by atoms with E-state index in [1.54, 1.807) is 24.5 Å². The molecule has 162 valence electrons. The molecule has 1 N–H and O–H groups in total. The van der Waals surface area contributed by atoms with Gasteiger partial charge >= 0.3 is 0 Å². The number of methoxy groups -OCH3 is 1. The van der Waals surface area contributed by atoms with E-state index >= 15 is 0 Å². The van der Waals surface area contributed by atoms with E-state index < -0.39 is 0 Å². The van der Waals surface area contributed by atoms with Crippen LogP contribution in [0, 0.1) is 0 Å². The minimum absolute atomic E-state index is 0.0383. The summed E-state index contributed by atoms with van der Waals surface area (Å²) in [5.41, 5.74) is 2.14. The SMILES string of the molecule is CCCOc1nc(C(=O)Nc2cccnc2OC)cn2cc(C34COC(C)(C3)C4)nc12. The topological polar surface area (TPSA) is 99.9 Å². The molecule has 3 fully saturated rings. The molecule has 0 atom stereocenters. The molecule has 9 heteroatoms. The number of anilines is 1. The number of nitrogens with one attached hydrogen (secondary N) is 1. The first-order valence-corrected chi connectivity index (χ1v) is 10.4. The van der Waals surface area contributed by atoms with Crippen LogP contribution < -0.4 is 14.8 Å². The largest absolute Gasteiger partial charge is 0.480 e. The summed E-state index contributed by atoms with van der Waals surface area (Å²) in [6, 6.07) is 3.45. The molecular formula is C22H25N5O4. The second-order valence-corrected chi connectivity index (χ2v) is 8.52. The van der Waals surface area contributed by atoms with Crippen molar-refractivity contribution in [3.05, 3.63) is 42.1 Å². The normalized spacial score (nSPS) is 24.1. The van der Waals surface area contributed by atoms with Gasteiger partial charge in [0, 0.05) is 24.0 Å². The van der Waals surface area contributed by atoms with Crippen molar-refractivity contribution in [2.45, 2.75) is 44.1 Å². The van der Waals surface area contributed by atoms with Crippen LogP contribution in [-0.2, 0) is 10.2 Å². The highest BCUT2D eigenvalue weighted by Gasteiger charge is 2.61. The second-order valence-electron chi connectivity index (χ2n) is 8.52. The molecule has 3 aromatic rings. The Morgan fingerprint density at radius 1 is 1.29 bits per heavy atom. The third kappa shape index (κ3) is 3.29. The maximum absolute atomic E-state index is 13.0. The highest BCUT2D eigenvalue weighted by atomic mass is 16.5. The summed E-state index contributed by atoms with van der Waals surface area (Å²) in [6.45, 7) is 5.31. The van der Waals surface area contributed by atoms with Crippen molar-refractivity contribution in [2.75, 3.05) is 25.6 Å². The number of aromatic nitrogens is 4. The van der Waals surface area contributed by atoms with E-state index in [9.17, 15) is 4.79 Å². The Morgan fingerprint density at radius 3 is 2.84 bits per heavy atom. The van der Waals surface area contributed by atoms with Gasteiger partial charge in [-0.1, -0.05) is 6.92 Å². The number of rotatable bonds is 7. The van der Waals surface area contributed by atoms with Crippen LogP contribution in [0.3, 0.4) is 0 Å². The third-order valence-electron chi connectivity index (χ3n) is 5.96. The highest BCUT2D eigenvalue weighted by molar-refractivity contribution is 6.03. The fourth-order valence-electron chi connectivity index (χ4n) is 4.62. The lowest BCUT2D eigenvalue weighted by Gasteiger charge is -2.41. The number of carbonyl (C=O) groups excluding carboxylic acids is 1. The number of carbonyl (C=O) groups is 1. The monoisotopic (exact) mass is 423 g/mol. The average molecular weight is 423 g/mol. The smallest absolute Gasteiger partial charge is 0.276 e. The first-order chi connectivity index (χ1) is 15.0. The van der Waals surface area contributed by atoms with Crippen molar-refractivity contribution >= 4 is 17.2 Å². The predicted molar refractivity (Wildman–Crippen MR) is 113 cm³/mol. The van der Waals surface area contributed by atoms with Crippen molar-refractivity contribution in [2.24, 2.45) is 0 Å². The van der Waals surface area contributed by atoms with E-state index in [0.717, 1.165) is 25.0 Å². The van der Waals surface area contributed by atoms with Gasteiger partial charge in [0.2, 0.25) is 11.5 Å². The molecule has 1 amide bonds. The molecule has 2 aliphatic heterocycles. The van der Waals surface area contributed by atoms with Gasteiger partial charge in [-0.25, -0.2) is 15.0 Å². The number of pyridine rings is 1. The fourth-order valence-corrected chi connectivity index (χ4v) is 4.62. The Bertz CT molecular complexity index is 1150. The molecule has 6 rings (SSSR count). The average Bonchev–Trinajstić information content (AvgIpc) is 3.43. The van der Waals surface area contributed by atoms with Gasteiger partial charge in [-0.15, -0.1) is 0 Å². The molecule has 9 nitrogen and oxygen atoms in total. The molecular weight excluding hydrogens is 398 g/mol. The molecule has 2 bridgehead atoms. The van der Waals surface area contributed by atoms with Crippen LogP contribution in [0.5, 0.6) is 11.8 Å². The fraction of sp³-hybridized carbons (Fsp3) is 0.455. The van der Waals surface area contributed by atoms with E-state index in [4.69, 9.17) is 19.2 Å². The van der Waals surface area contributed by atoms with Gasteiger partial charge in [-0.05, 0) is 38.3 Å². The molecule has 3 aromatic heterocycles. The number of nitrogens with zero attached hydrogens (tertiary/aromatic N) is 4. The molecule has 3 aliphatic rings. The van der Waals surface area contributed by atoms with E-state index in [2.05, 4.69) is 22.2 Å². The molecule has 1 saturated carbocycles. The minimum atomic E-state index is -0.386. The molecule has 1 aliphatic carbocycles. The van der Waals surface area contributed by atoms with Crippen LogP contribution >= 0.6 is 0 Å². The Balaban J connectivity index is 1.50.